The van der Waals surface area contributed by atoms with Crippen molar-refractivity contribution in [3.05, 3.63) is 22.2 Å². The van der Waals surface area contributed by atoms with Crippen molar-refractivity contribution in [2.45, 2.75) is 6.92 Å². The fourth-order valence-corrected chi connectivity index (χ4v) is 2.91. The van der Waals surface area contributed by atoms with Crippen LogP contribution in [-0.2, 0) is 0 Å². The standard InChI is InChI=1S/C15H17BrO4/c1-8-13(16)15(20-5)12-10(18-3)7-6-9(17-2)11(12)14(8)19-4/h6-7H,1-5H3. The molecule has 2 aromatic carbocycles. The van der Waals surface area contributed by atoms with E-state index >= 15 is 0 Å². The fraction of sp³-hybridized carbons (Fsp3) is 0.333. The predicted octanol–water partition coefficient (Wildman–Crippen LogP) is 3.95. The predicted molar refractivity (Wildman–Crippen MR) is 82.6 cm³/mol. The van der Waals surface area contributed by atoms with Gasteiger partial charge in [0, 0.05) is 5.56 Å². The van der Waals surface area contributed by atoms with Crippen molar-refractivity contribution in [3.8, 4) is 23.0 Å². The highest BCUT2D eigenvalue weighted by atomic mass is 79.9. The molecule has 0 atom stereocenters. The first kappa shape index (κ1) is 14.8. The SMILES string of the molecule is COc1ccc(OC)c2c(OC)c(Br)c(C)c(OC)c12. The highest BCUT2D eigenvalue weighted by Crippen LogP contribution is 2.50. The smallest absolute Gasteiger partial charge is 0.145 e. The summed E-state index contributed by atoms with van der Waals surface area (Å²) in [7, 11) is 6.52. The minimum Gasteiger partial charge on any atom is -0.496 e. The van der Waals surface area contributed by atoms with Gasteiger partial charge in [-0.15, -0.1) is 0 Å². The Hall–Kier alpha value is -1.62. The molecule has 0 aliphatic carbocycles. The topological polar surface area (TPSA) is 36.9 Å². The molecule has 0 radical (unpaired) electrons. The molecule has 0 N–H and O–H groups in total. The Morgan fingerprint density at radius 2 is 1.20 bits per heavy atom. The zero-order valence-corrected chi connectivity index (χ0v) is 13.8. The second-order valence-electron chi connectivity index (χ2n) is 4.23. The van der Waals surface area contributed by atoms with E-state index in [2.05, 4.69) is 15.9 Å². The van der Waals surface area contributed by atoms with Crippen LogP contribution in [0.3, 0.4) is 0 Å². The van der Waals surface area contributed by atoms with Crippen LogP contribution in [0.4, 0.5) is 0 Å². The second-order valence-corrected chi connectivity index (χ2v) is 5.02. The first-order valence-corrected chi connectivity index (χ1v) is 6.84. The molecule has 0 amide bonds. The lowest BCUT2D eigenvalue weighted by Gasteiger charge is -2.19. The molecule has 0 fully saturated rings. The lowest BCUT2D eigenvalue weighted by molar-refractivity contribution is 0.389. The Balaban J connectivity index is 3.08. The first-order valence-electron chi connectivity index (χ1n) is 6.05. The summed E-state index contributed by atoms with van der Waals surface area (Å²) in [5.74, 6) is 2.86. The molecule has 0 heterocycles. The van der Waals surface area contributed by atoms with Gasteiger partial charge >= 0.3 is 0 Å². The second kappa shape index (κ2) is 5.79. The monoisotopic (exact) mass is 340 g/mol. The number of methoxy groups -OCH3 is 4. The molecular formula is C15H17BrO4. The number of rotatable bonds is 4. The third-order valence-corrected chi connectivity index (χ3v) is 4.26. The highest BCUT2D eigenvalue weighted by molar-refractivity contribution is 9.10. The van der Waals surface area contributed by atoms with Crippen molar-refractivity contribution in [1.29, 1.82) is 0 Å². The number of hydrogen-bond donors (Lipinski definition) is 0. The van der Waals surface area contributed by atoms with Gasteiger partial charge in [0.2, 0.25) is 0 Å². The molecule has 2 rings (SSSR count). The number of ether oxygens (including phenoxy) is 4. The Kier molecular flexibility index (Phi) is 4.28. The van der Waals surface area contributed by atoms with Gasteiger partial charge in [-0.3, -0.25) is 0 Å². The molecule has 0 aliphatic rings. The number of fused-ring (bicyclic) bond motifs is 1. The van der Waals surface area contributed by atoms with Gasteiger partial charge in [-0.2, -0.15) is 0 Å². The molecule has 20 heavy (non-hydrogen) atoms. The van der Waals surface area contributed by atoms with Crippen LogP contribution in [0.15, 0.2) is 16.6 Å². The van der Waals surface area contributed by atoms with E-state index in [0.29, 0.717) is 17.2 Å². The summed E-state index contributed by atoms with van der Waals surface area (Å²) in [4.78, 5) is 0. The number of halogens is 1. The molecule has 108 valence electrons. The summed E-state index contributed by atoms with van der Waals surface area (Å²) in [5, 5.41) is 1.66. The van der Waals surface area contributed by atoms with Crippen LogP contribution in [0.5, 0.6) is 23.0 Å². The number of benzene rings is 2. The lowest BCUT2D eigenvalue weighted by atomic mass is 10.0. The van der Waals surface area contributed by atoms with Crippen LogP contribution in [-0.4, -0.2) is 28.4 Å². The minimum absolute atomic E-state index is 0.703. The van der Waals surface area contributed by atoms with Crippen molar-refractivity contribution in [2.75, 3.05) is 28.4 Å². The van der Waals surface area contributed by atoms with E-state index in [1.165, 1.54) is 0 Å². The van der Waals surface area contributed by atoms with Crippen LogP contribution in [0.1, 0.15) is 5.56 Å². The average Bonchev–Trinajstić information content (AvgIpc) is 2.48. The quantitative estimate of drug-likeness (QED) is 0.844. The van der Waals surface area contributed by atoms with Crippen LogP contribution < -0.4 is 18.9 Å². The molecular weight excluding hydrogens is 324 g/mol. The van der Waals surface area contributed by atoms with Crippen molar-refractivity contribution >= 4 is 26.7 Å². The van der Waals surface area contributed by atoms with E-state index in [1.54, 1.807) is 28.4 Å². The van der Waals surface area contributed by atoms with Gasteiger partial charge in [-0.05, 0) is 35.0 Å². The minimum atomic E-state index is 0.703. The van der Waals surface area contributed by atoms with E-state index in [0.717, 1.165) is 26.6 Å². The molecule has 2 aromatic rings. The third kappa shape index (κ3) is 2.06. The summed E-state index contributed by atoms with van der Waals surface area (Å²) in [6, 6.07) is 3.71. The Morgan fingerprint density at radius 3 is 1.60 bits per heavy atom. The maximum absolute atomic E-state index is 5.56. The summed E-state index contributed by atoms with van der Waals surface area (Å²) >= 11 is 3.56. The molecule has 0 saturated heterocycles. The average molecular weight is 341 g/mol. The zero-order valence-electron chi connectivity index (χ0n) is 12.2. The van der Waals surface area contributed by atoms with Crippen LogP contribution in [0.2, 0.25) is 0 Å². The molecule has 4 nitrogen and oxygen atoms in total. The zero-order chi connectivity index (χ0) is 14.9. The van der Waals surface area contributed by atoms with Gasteiger partial charge in [0.1, 0.15) is 23.0 Å². The van der Waals surface area contributed by atoms with Gasteiger partial charge in [-0.1, -0.05) is 0 Å². The van der Waals surface area contributed by atoms with Crippen LogP contribution in [0, 0.1) is 6.92 Å². The van der Waals surface area contributed by atoms with E-state index in [4.69, 9.17) is 18.9 Å². The molecule has 0 spiro atoms. The van der Waals surface area contributed by atoms with E-state index in [9.17, 15) is 0 Å². The Morgan fingerprint density at radius 1 is 0.750 bits per heavy atom. The first-order chi connectivity index (χ1) is 9.60. The normalized spacial score (nSPS) is 10.5. The van der Waals surface area contributed by atoms with Gasteiger partial charge in [-0.25, -0.2) is 0 Å². The molecule has 5 heteroatoms. The summed E-state index contributed by atoms with van der Waals surface area (Å²) in [5.41, 5.74) is 0.948. The summed E-state index contributed by atoms with van der Waals surface area (Å²) < 4.78 is 22.9. The third-order valence-electron chi connectivity index (χ3n) is 3.30. The Labute approximate surface area is 126 Å². The molecule has 0 unspecified atom stereocenters. The number of hydrogen-bond acceptors (Lipinski definition) is 4. The van der Waals surface area contributed by atoms with Gasteiger partial charge in [0.15, 0.2) is 0 Å². The van der Waals surface area contributed by atoms with Crippen molar-refractivity contribution < 1.29 is 18.9 Å². The molecule has 0 bridgehead atoms. The molecule has 0 saturated carbocycles. The van der Waals surface area contributed by atoms with Crippen LogP contribution in [0.25, 0.3) is 10.8 Å². The lowest BCUT2D eigenvalue weighted by Crippen LogP contribution is -1.99. The van der Waals surface area contributed by atoms with Crippen molar-refractivity contribution in [2.24, 2.45) is 0 Å². The van der Waals surface area contributed by atoms with E-state index in [1.807, 2.05) is 19.1 Å². The van der Waals surface area contributed by atoms with Gasteiger partial charge < -0.3 is 18.9 Å². The largest absolute Gasteiger partial charge is 0.496 e. The fourth-order valence-electron chi connectivity index (χ4n) is 2.37. The Bertz CT molecular complexity index is 596. The molecule has 0 aliphatic heterocycles. The summed E-state index contributed by atoms with van der Waals surface area (Å²) in [6.45, 7) is 1.96. The highest BCUT2D eigenvalue weighted by Gasteiger charge is 2.22. The summed E-state index contributed by atoms with van der Waals surface area (Å²) in [6.07, 6.45) is 0. The van der Waals surface area contributed by atoms with Gasteiger partial charge in [0.05, 0.1) is 43.7 Å². The van der Waals surface area contributed by atoms with Crippen molar-refractivity contribution in [3.63, 3.8) is 0 Å². The van der Waals surface area contributed by atoms with E-state index in [-0.39, 0.29) is 0 Å². The van der Waals surface area contributed by atoms with Crippen LogP contribution >= 0.6 is 15.9 Å². The maximum Gasteiger partial charge on any atom is 0.145 e. The molecule has 0 aromatic heterocycles. The van der Waals surface area contributed by atoms with E-state index < -0.39 is 0 Å². The maximum atomic E-state index is 5.56. The van der Waals surface area contributed by atoms with Crippen molar-refractivity contribution in [1.82, 2.24) is 0 Å². The van der Waals surface area contributed by atoms with Gasteiger partial charge in [0.25, 0.3) is 0 Å².